The third-order valence-corrected chi connectivity index (χ3v) is 3.50. The maximum atomic E-state index is 12.2. The van der Waals surface area contributed by atoms with Crippen molar-refractivity contribution in [3.05, 3.63) is 35.0 Å². The van der Waals surface area contributed by atoms with Crippen LogP contribution in [0.25, 0.3) is 6.08 Å². The second-order valence-electron chi connectivity index (χ2n) is 5.38. The maximum absolute atomic E-state index is 12.2. The van der Waals surface area contributed by atoms with Gasteiger partial charge in [0.05, 0.1) is 24.6 Å². The lowest BCUT2D eigenvalue weighted by Crippen LogP contribution is -2.32. The number of nitrogens with one attached hydrogen (secondary N) is 1. The van der Waals surface area contributed by atoms with Crippen molar-refractivity contribution in [1.29, 1.82) is 0 Å². The zero-order valence-corrected chi connectivity index (χ0v) is 15.8. The topological polar surface area (TPSA) is 84.5 Å². The average molecular weight is 400 g/mol. The molecular weight excluding hydrogens is 378 g/mol. The SMILES string of the molecule is C=CCON(/C=C/c1nc(Br)[nH]c1C(C)(C)C(=O)OCC)C(C)=O. The Balaban J connectivity index is 3.13. The van der Waals surface area contributed by atoms with Crippen LogP contribution < -0.4 is 0 Å². The third-order valence-electron chi connectivity index (χ3n) is 3.12. The number of nitrogens with zero attached hydrogens (tertiary/aromatic N) is 2. The molecule has 1 N–H and O–H groups in total. The molecule has 1 rings (SSSR count). The fraction of sp³-hybridized carbons (Fsp3) is 0.438. The second kappa shape index (κ2) is 8.79. The maximum Gasteiger partial charge on any atom is 0.317 e. The molecule has 1 amide bonds. The van der Waals surface area contributed by atoms with E-state index in [1.54, 1.807) is 26.8 Å². The molecule has 1 aromatic rings. The smallest absolute Gasteiger partial charge is 0.317 e. The van der Waals surface area contributed by atoms with Crippen molar-refractivity contribution >= 4 is 33.9 Å². The number of hydrogen-bond acceptors (Lipinski definition) is 5. The van der Waals surface area contributed by atoms with Crippen molar-refractivity contribution < 1.29 is 19.2 Å². The van der Waals surface area contributed by atoms with Gasteiger partial charge in [0.15, 0.2) is 4.73 Å². The van der Waals surface area contributed by atoms with E-state index in [4.69, 9.17) is 9.57 Å². The normalized spacial score (nSPS) is 11.5. The van der Waals surface area contributed by atoms with E-state index in [1.165, 1.54) is 19.2 Å². The minimum atomic E-state index is -0.933. The number of aromatic amines is 1. The molecule has 1 aromatic heterocycles. The number of ether oxygens (including phenoxy) is 1. The fourth-order valence-corrected chi connectivity index (χ4v) is 2.27. The molecule has 0 aliphatic rings. The number of aromatic nitrogens is 2. The van der Waals surface area contributed by atoms with Gasteiger partial charge in [-0.2, -0.15) is 5.06 Å². The Hall–Kier alpha value is -1.93. The molecule has 0 aromatic carbocycles. The summed E-state index contributed by atoms with van der Waals surface area (Å²) in [7, 11) is 0. The molecule has 0 radical (unpaired) electrons. The predicted molar refractivity (Wildman–Crippen MR) is 93.6 cm³/mol. The van der Waals surface area contributed by atoms with Crippen LogP contribution in [0.2, 0.25) is 0 Å². The van der Waals surface area contributed by atoms with Crippen LogP contribution in [0.4, 0.5) is 0 Å². The van der Waals surface area contributed by atoms with Gasteiger partial charge >= 0.3 is 5.97 Å². The molecular formula is C16H22BrN3O4. The number of halogens is 1. The Morgan fingerprint density at radius 1 is 1.46 bits per heavy atom. The molecule has 0 saturated heterocycles. The Morgan fingerprint density at radius 3 is 2.67 bits per heavy atom. The summed E-state index contributed by atoms with van der Waals surface area (Å²) in [4.78, 5) is 36.3. The van der Waals surface area contributed by atoms with Gasteiger partial charge in [-0.05, 0) is 42.8 Å². The van der Waals surface area contributed by atoms with Crippen molar-refractivity contribution in [2.24, 2.45) is 0 Å². The van der Waals surface area contributed by atoms with Crippen molar-refractivity contribution in [2.45, 2.75) is 33.1 Å². The Bertz CT molecular complexity index is 637. The summed E-state index contributed by atoms with van der Waals surface area (Å²) in [6.07, 6.45) is 4.56. The second-order valence-corrected chi connectivity index (χ2v) is 6.13. The fourth-order valence-electron chi connectivity index (χ4n) is 1.88. The first-order valence-electron chi connectivity index (χ1n) is 7.39. The van der Waals surface area contributed by atoms with Crippen molar-refractivity contribution in [1.82, 2.24) is 15.0 Å². The predicted octanol–water partition coefficient (Wildman–Crippen LogP) is 2.95. The van der Waals surface area contributed by atoms with Gasteiger partial charge in [0.25, 0.3) is 0 Å². The Labute approximate surface area is 149 Å². The molecule has 7 nitrogen and oxygen atoms in total. The van der Waals surface area contributed by atoms with E-state index in [0.717, 1.165) is 5.06 Å². The van der Waals surface area contributed by atoms with Gasteiger partial charge in [-0.15, -0.1) is 6.58 Å². The average Bonchev–Trinajstić information content (AvgIpc) is 2.89. The van der Waals surface area contributed by atoms with Crippen LogP contribution in [0.3, 0.4) is 0 Å². The minimum absolute atomic E-state index is 0.190. The Kier molecular flexibility index (Phi) is 7.37. The van der Waals surface area contributed by atoms with Crippen molar-refractivity contribution in [2.75, 3.05) is 13.2 Å². The van der Waals surface area contributed by atoms with E-state index in [1.807, 2.05) is 0 Å². The molecule has 1 heterocycles. The molecule has 0 bridgehead atoms. The molecule has 0 aliphatic carbocycles. The van der Waals surface area contributed by atoms with Crippen molar-refractivity contribution in [3.8, 4) is 0 Å². The van der Waals surface area contributed by atoms with Crippen LogP contribution in [0.1, 0.15) is 39.1 Å². The number of imidazole rings is 1. The lowest BCUT2D eigenvalue weighted by Gasteiger charge is -2.21. The van der Waals surface area contributed by atoms with Crippen LogP contribution in [-0.2, 0) is 24.6 Å². The van der Waals surface area contributed by atoms with Gasteiger partial charge in [-0.3, -0.25) is 14.4 Å². The molecule has 0 spiro atoms. The highest BCUT2D eigenvalue weighted by molar-refractivity contribution is 9.10. The number of carbonyl (C=O) groups excluding carboxylic acids is 2. The van der Waals surface area contributed by atoms with Crippen LogP contribution in [0.5, 0.6) is 0 Å². The van der Waals surface area contributed by atoms with Gasteiger partial charge in [0, 0.05) is 13.1 Å². The summed E-state index contributed by atoms with van der Waals surface area (Å²) in [6, 6.07) is 0. The van der Waals surface area contributed by atoms with Crippen LogP contribution in [-0.4, -0.2) is 40.1 Å². The number of carbonyl (C=O) groups is 2. The summed E-state index contributed by atoms with van der Waals surface area (Å²) >= 11 is 3.26. The zero-order chi connectivity index (χ0) is 18.3. The summed E-state index contributed by atoms with van der Waals surface area (Å²) in [6.45, 7) is 10.6. The van der Waals surface area contributed by atoms with Gasteiger partial charge in [-0.25, -0.2) is 4.98 Å². The molecule has 132 valence electrons. The van der Waals surface area contributed by atoms with Gasteiger partial charge in [-0.1, -0.05) is 6.08 Å². The van der Waals surface area contributed by atoms with E-state index in [9.17, 15) is 9.59 Å². The molecule has 0 fully saturated rings. The van der Waals surface area contributed by atoms with Gasteiger partial charge in [0.2, 0.25) is 5.91 Å². The lowest BCUT2D eigenvalue weighted by molar-refractivity contribution is -0.164. The Morgan fingerprint density at radius 2 is 2.12 bits per heavy atom. The zero-order valence-electron chi connectivity index (χ0n) is 14.3. The number of hydroxylamine groups is 2. The number of esters is 1. The summed E-state index contributed by atoms with van der Waals surface area (Å²) in [5.41, 5.74) is 0.127. The van der Waals surface area contributed by atoms with E-state index in [2.05, 4.69) is 32.5 Å². The first kappa shape index (κ1) is 20.1. The summed E-state index contributed by atoms with van der Waals surface area (Å²) in [5, 5.41) is 1.07. The first-order chi connectivity index (χ1) is 11.2. The third kappa shape index (κ3) is 5.04. The van der Waals surface area contributed by atoms with E-state index >= 15 is 0 Å². The van der Waals surface area contributed by atoms with Crippen LogP contribution in [0, 0.1) is 0 Å². The highest BCUT2D eigenvalue weighted by Crippen LogP contribution is 2.28. The quantitative estimate of drug-likeness (QED) is 0.412. The summed E-state index contributed by atoms with van der Waals surface area (Å²) in [5.74, 6) is -0.670. The molecule has 0 unspecified atom stereocenters. The molecule has 24 heavy (non-hydrogen) atoms. The van der Waals surface area contributed by atoms with Gasteiger partial charge in [0.1, 0.15) is 5.41 Å². The van der Waals surface area contributed by atoms with Gasteiger partial charge < -0.3 is 9.72 Å². The van der Waals surface area contributed by atoms with Crippen LogP contribution >= 0.6 is 15.9 Å². The highest BCUT2D eigenvalue weighted by Gasteiger charge is 2.35. The lowest BCUT2D eigenvalue weighted by atomic mass is 9.88. The molecule has 0 aliphatic heterocycles. The van der Waals surface area contributed by atoms with Crippen LogP contribution in [0.15, 0.2) is 23.6 Å². The standard InChI is InChI=1S/C16H22BrN3O4/c1-6-10-24-20(11(3)21)9-8-12-13(19-15(17)18-12)16(4,5)14(22)23-7-2/h6,8-9H,1,7,10H2,2-5H3,(H,18,19)/b9-8+. The highest BCUT2D eigenvalue weighted by atomic mass is 79.9. The first-order valence-corrected chi connectivity index (χ1v) is 8.18. The molecule has 0 saturated carbocycles. The number of H-pyrrole nitrogens is 1. The molecule has 8 heteroatoms. The largest absolute Gasteiger partial charge is 0.465 e. The summed E-state index contributed by atoms with van der Waals surface area (Å²) < 4.78 is 5.58. The number of amides is 1. The van der Waals surface area contributed by atoms with E-state index in [-0.39, 0.29) is 25.1 Å². The van der Waals surface area contributed by atoms with E-state index < -0.39 is 5.41 Å². The van der Waals surface area contributed by atoms with Crippen molar-refractivity contribution in [3.63, 3.8) is 0 Å². The molecule has 0 atom stereocenters. The van der Waals surface area contributed by atoms with E-state index in [0.29, 0.717) is 16.1 Å². The number of hydrogen-bond donors (Lipinski definition) is 1. The minimum Gasteiger partial charge on any atom is -0.465 e. The number of rotatable bonds is 8. The monoisotopic (exact) mass is 399 g/mol.